The van der Waals surface area contributed by atoms with E-state index in [0.717, 1.165) is 6.19 Å². The number of hydrogen-bond donors (Lipinski definition) is 2. The van der Waals surface area contributed by atoms with E-state index in [1.54, 1.807) is 0 Å². The minimum atomic E-state index is -1.13. The molecule has 0 radical (unpaired) electrons. The third-order valence-electron chi connectivity index (χ3n) is 0.496. The van der Waals surface area contributed by atoms with E-state index in [1.165, 1.54) is 0 Å². The van der Waals surface area contributed by atoms with Gasteiger partial charge in [-0.15, -0.1) is 5.06 Å². The predicted octanol–water partition coefficient (Wildman–Crippen LogP) is -1.33. The molecule has 0 saturated carbocycles. The van der Waals surface area contributed by atoms with Crippen molar-refractivity contribution in [3.05, 3.63) is 10.1 Å². The van der Waals surface area contributed by atoms with Crippen molar-refractivity contribution in [1.82, 2.24) is 5.06 Å². The normalized spacial score (nSPS) is 10.2. The highest BCUT2D eigenvalue weighted by Gasteiger charge is 2.05. The van der Waals surface area contributed by atoms with Crippen LogP contribution in [0.3, 0.4) is 0 Å². The third kappa shape index (κ3) is 2.43. The summed E-state index contributed by atoms with van der Waals surface area (Å²) in [7, 11) is 0. The fraction of sp³-hybridized carbons (Fsp3) is 0. The molecule has 10 heavy (non-hydrogen) atoms. The van der Waals surface area contributed by atoms with Crippen LogP contribution in [-0.4, -0.2) is 21.3 Å². The molecule has 0 aliphatic carbocycles. The summed E-state index contributed by atoms with van der Waals surface area (Å²) in [5.74, 6) is -0.882. The molecule has 0 bridgehead atoms. The van der Waals surface area contributed by atoms with Crippen molar-refractivity contribution in [1.29, 1.82) is 5.26 Å². The number of nitriles is 1. The van der Waals surface area contributed by atoms with Crippen molar-refractivity contribution in [3.8, 4) is 6.19 Å². The van der Waals surface area contributed by atoms with Gasteiger partial charge in [0.1, 0.15) is 5.10 Å². The average Bonchev–Trinajstić information content (AvgIpc) is 1.85. The van der Waals surface area contributed by atoms with Gasteiger partial charge in [-0.3, -0.25) is 5.21 Å². The summed E-state index contributed by atoms with van der Waals surface area (Å²) in [6.07, 6.45) is 1.10. The van der Waals surface area contributed by atoms with Gasteiger partial charge in [-0.25, -0.2) is 10.1 Å². The van der Waals surface area contributed by atoms with E-state index in [-0.39, 0.29) is 5.06 Å². The van der Waals surface area contributed by atoms with E-state index in [1.807, 2.05) is 0 Å². The molecule has 54 valence electrons. The minimum Gasteiger partial charge on any atom is -0.362 e. The van der Waals surface area contributed by atoms with E-state index in [9.17, 15) is 10.1 Å². The van der Waals surface area contributed by atoms with Gasteiger partial charge in [0.05, 0.1) is 0 Å². The Labute approximate surface area is 54.9 Å². The van der Waals surface area contributed by atoms with Crippen LogP contribution in [0.5, 0.6) is 0 Å². The Kier molecular flexibility index (Phi) is 2.60. The molecule has 8 nitrogen and oxygen atoms in total. The summed E-state index contributed by atoms with van der Waals surface area (Å²) in [5, 5.41) is 26.7. The van der Waals surface area contributed by atoms with Gasteiger partial charge in [-0.05, 0) is 0 Å². The lowest BCUT2D eigenvalue weighted by Crippen LogP contribution is -2.31. The van der Waals surface area contributed by atoms with Crippen molar-refractivity contribution in [3.63, 3.8) is 0 Å². The fourth-order valence-corrected chi connectivity index (χ4v) is 0.177. The molecule has 0 aromatic rings. The van der Waals surface area contributed by atoms with Gasteiger partial charge in [-0.1, -0.05) is 0 Å². The second-order valence-electron chi connectivity index (χ2n) is 1.11. The van der Waals surface area contributed by atoms with Crippen LogP contribution in [0.4, 0.5) is 0 Å². The topological polar surface area (TPSA) is 129 Å². The summed E-state index contributed by atoms with van der Waals surface area (Å²) in [4.78, 5) is 9.52. The molecule has 0 rings (SSSR count). The quantitative estimate of drug-likeness (QED) is 0.117. The average molecular weight is 145 g/mol. The molecule has 0 spiro atoms. The summed E-state index contributed by atoms with van der Waals surface area (Å²) in [6.45, 7) is 0. The van der Waals surface area contributed by atoms with Crippen molar-refractivity contribution in [2.24, 2.45) is 10.8 Å². The molecule has 0 aliphatic rings. The van der Waals surface area contributed by atoms with Gasteiger partial charge in [0.2, 0.25) is 6.19 Å². The Morgan fingerprint density at radius 2 is 2.50 bits per heavy atom. The first-order valence-electron chi connectivity index (χ1n) is 1.95. The number of rotatable bonds is 1. The van der Waals surface area contributed by atoms with Gasteiger partial charge in [0, 0.05) is 0 Å². The SMILES string of the molecule is N#CN(O)C(N)=N[N+](=O)[O-]. The first-order valence-corrected chi connectivity index (χ1v) is 1.95. The van der Waals surface area contributed by atoms with Crippen molar-refractivity contribution < 1.29 is 10.2 Å². The molecule has 0 atom stereocenters. The highest BCUT2D eigenvalue weighted by Crippen LogP contribution is 1.77. The van der Waals surface area contributed by atoms with Crippen LogP contribution >= 0.6 is 0 Å². The van der Waals surface area contributed by atoms with Crippen LogP contribution in [0.25, 0.3) is 0 Å². The Morgan fingerprint density at radius 3 is 2.80 bits per heavy atom. The summed E-state index contributed by atoms with van der Waals surface area (Å²) >= 11 is 0. The lowest BCUT2D eigenvalue weighted by Gasteiger charge is -1.98. The van der Waals surface area contributed by atoms with Crippen LogP contribution in [0.1, 0.15) is 0 Å². The zero-order chi connectivity index (χ0) is 8.15. The Balaban J connectivity index is 4.22. The maximum Gasteiger partial charge on any atom is 0.306 e. The van der Waals surface area contributed by atoms with Gasteiger partial charge in [0.15, 0.2) is 5.03 Å². The van der Waals surface area contributed by atoms with E-state index in [0.29, 0.717) is 0 Å². The molecule has 8 heteroatoms. The Morgan fingerprint density at radius 1 is 2.00 bits per heavy atom. The molecule has 0 aliphatic heterocycles. The summed E-state index contributed by atoms with van der Waals surface area (Å²) in [6, 6.07) is 0. The Hall–Kier alpha value is -1.88. The maximum absolute atomic E-state index is 9.52. The zero-order valence-corrected chi connectivity index (χ0v) is 4.63. The monoisotopic (exact) mass is 145 g/mol. The first-order chi connectivity index (χ1) is 4.57. The molecule has 0 saturated heterocycles. The number of nitrogens with zero attached hydrogens (tertiary/aromatic N) is 4. The second kappa shape index (κ2) is 3.21. The molecule has 3 N–H and O–H groups in total. The highest BCUT2D eigenvalue weighted by atomic mass is 16.7. The Bertz CT molecular complexity index is 203. The zero-order valence-electron chi connectivity index (χ0n) is 4.63. The van der Waals surface area contributed by atoms with Crippen LogP contribution in [0.15, 0.2) is 5.10 Å². The van der Waals surface area contributed by atoms with Crippen molar-refractivity contribution in [2.75, 3.05) is 0 Å². The standard InChI is InChI=1S/C2H3N5O3/c3-1-6(8)2(4)5-7(9)10/h8H,(H2,4,5). The molecule has 0 aromatic heterocycles. The molecular weight excluding hydrogens is 142 g/mol. The van der Waals surface area contributed by atoms with Crippen LogP contribution in [0.2, 0.25) is 0 Å². The van der Waals surface area contributed by atoms with Crippen LogP contribution < -0.4 is 5.73 Å². The van der Waals surface area contributed by atoms with Crippen LogP contribution in [0, 0.1) is 21.6 Å². The van der Waals surface area contributed by atoms with Gasteiger partial charge in [-0.2, -0.15) is 5.26 Å². The van der Waals surface area contributed by atoms with E-state index in [4.69, 9.17) is 16.2 Å². The number of nitrogens with two attached hydrogens (primary N) is 1. The molecule has 0 fully saturated rings. The lowest BCUT2D eigenvalue weighted by molar-refractivity contribution is -0.486. The van der Waals surface area contributed by atoms with E-state index < -0.39 is 11.0 Å². The van der Waals surface area contributed by atoms with Crippen molar-refractivity contribution >= 4 is 5.96 Å². The molecule has 0 unspecified atom stereocenters. The predicted molar refractivity (Wildman–Crippen MR) is 27.9 cm³/mol. The van der Waals surface area contributed by atoms with Crippen molar-refractivity contribution in [2.45, 2.75) is 0 Å². The summed E-state index contributed by atoms with van der Waals surface area (Å²) in [5.41, 5.74) is 4.69. The molecule has 0 amide bonds. The fourth-order valence-electron chi connectivity index (χ4n) is 0.177. The smallest absolute Gasteiger partial charge is 0.306 e. The number of guanidine groups is 1. The van der Waals surface area contributed by atoms with Gasteiger partial charge < -0.3 is 5.73 Å². The molecular formula is C2H3N5O3. The van der Waals surface area contributed by atoms with E-state index >= 15 is 0 Å². The number of nitro groups is 1. The number of hydrogen-bond acceptors (Lipinski definition) is 4. The molecule has 0 aromatic carbocycles. The highest BCUT2D eigenvalue weighted by molar-refractivity contribution is 5.77. The van der Waals surface area contributed by atoms with Gasteiger partial charge in [0.25, 0.3) is 0 Å². The second-order valence-corrected chi connectivity index (χ2v) is 1.11. The first kappa shape index (κ1) is 8.12. The molecule has 0 heterocycles. The largest absolute Gasteiger partial charge is 0.362 e. The maximum atomic E-state index is 9.52. The third-order valence-corrected chi connectivity index (χ3v) is 0.496. The minimum absolute atomic E-state index is 0.219. The number of hydrazone groups is 1. The van der Waals surface area contributed by atoms with E-state index in [2.05, 4.69) is 5.10 Å². The lowest BCUT2D eigenvalue weighted by atomic mass is 10.9. The van der Waals surface area contributed by atoms with Gasteiger partial charge >= 0.3 is 5.96 Å². The summed E-state index contributed by atoms with van der Waals surface area (Å²) < 4.78 is 0. The van der Waals surface area contributed by atoms with Crippen LogP contribution in [-0.2, 0) is 0 Å². The number of hydroxylamine groups is 2.